The summed E-state index contributed by atoms with van der Waals surface area (Å²) < 4.78 is 5.73. The van der Waals surface area contributed by atoms with Crippen molar-refractivity contribution in [3.8, 4) is 0 Å². The number of hydrogen-bond acceptors (Lipinski definition) is 2. The number of carbonyl (C=O) groups is 1. The zero-order chi connectivity index (χ0) is 11.7. The molecule has 0 amide bonds. The van der Waals surface area contributed by atoms with Crippen LogP contribution in [-0.2, 0) is 14.9 Å². The minimum Gasteiger partial charge on any atom is -0.372 e. The summed E-state index contributed by atoms with van der Waals surface area (Å²) in [4.78, 5) is 12.0. The standard InChI is InChI=1S/C15H14O2/c1-17-15-9-6-10-4-2-3-5-11(10)14(15)8-7-12(16)13(14)15/h2-6,9,13H,7-8H2,1H3. The van der Waals surface area contributed by atoms with Crippen molar-refractivity contribution in [1.82, 2.24) is 0 Å². The first kappa shape index (κ1) is 9.60. The lowest BCUT2D eigenvalue weighted by molar-refractivity contribution is -0.121. The lowest BCUT2D eigenvalue weighted by Crippen LogP contribution is -2.28. The number of fused-ring (bicyclic) bond motifs is 2. The molecule has 3 aliphatic rings. The molecule has 4 rings (SSSR count). The molecule has 2 fully saturated rings. The molecular formula is C15H14O2. The molecule has 0 aromatic heterocycles. The number of hydrogen-bond donors (Lipinski definition) is 0. The molecular weight excluding hydrogens is 212 g/mol. The molecule has 0 N–H and O–H groups in total. The van der Waals surface area contributed by atoms with Gasteiger partial charge in [0.1, 0.15) is 11.4 Å². The van der Waals surface area contributed by atoms with Gasteiger partial charge in [-0.1, -0.05) is 36.4 Å². The number of Topliss-reactive ketones (excluding diaryl/α,β-unsaturated/α-hetero) is 1. The Balaban J connectivity index is 1.99. The van der Waals surface area contributed by atoms with Crippen LogP contribution in [0, 0.1) is 5.92 Å². The highest BCUT2D eigenvalue weighted by atomic mass is 16.5. The topological polar surface area (TPSA) is 26.3 Å². The highest BCUT2D eigenvalue weighted by Gasteiger charge is 2.82. The van der Waals surface area contributed by atoms with Crippen molar-refractivity contribution < 1.29 is 9.53 Å². The Bertz CT molecular complexity index is 560. The maximum Gasteiger partial charge on any atom is 0.140 e. The van der Waals surface area contributed by atoms with Crippen molar-refractivity contribution in [1.29, 1.82) is 0 Å². The normalized spacial score (nSPS) is 40.8. The zero-order valence-electron chi connectivity index (χ0n) is 9.77. The fourth-order valence-electron chi connectivity index (χ4n) is 4.22. The van der Waals surface area contributed by atoms with Gasteiger partial charge in [-0.3, -0.25) is 4.79 Å². The van der Waals surface area contributed by atoms with Crippen LogP contribution in [0.25, 0.3) is 6.08 Å². The first-order chi connectivity index (χ1) is 8.26. The molecule has 0 aliphatic heterocycles. The van der Waals surface area contributed by atoms with Crippen LogP contribution in [0.15, 0.2) is 30.3 Å². The van der Waals surface area contributed by atoms with Gasteiger partial charge in [0.05, 0.1) is 5.92 Å². The number of ketones is 1. The van der Waals surface area contributed by atoms with E-state index in [1.54, 1.807) is 7.11 Å². The van der Waals surface area contributed by atoms with E-state index < -0.39 is 0 Å². The van der Waals surface area contributed by atoms with E-state index in [2.05, 4.69) is 30.4 Å². The van der Waals surface area contributed by atoms with Crippen LogP contribution in [0.1, 0.15) is 24.0 Å². The molecule has 2 nitrogen and oxygen atoms in total. The molecule has 0 bridgehead atoms. The summed E-state index contributed by atoms with van der Waals surface area (Å²) in [5.41, 5.74) is 2.17. The number of benzene rings is 1. The smallest absolute Gasteiger partial charge is 0.140 e. The SMILES string of the molecule is COC12C=Cc3ccccc3C13CCC(=O)C23. The Labute approximate surface area is 100 Å². The Morgan fingerprint density at radius 1 is 1.35 bits per heavy atom. The molecule has 1 aromatic carbocycles. The van der Waals surface area contributed by atoms with E-state index in [0.717, 1.165) is 6.42 Å². The third kappa shape index (κ3) is 0.805. The zero-order valence-corrected chi connectivity index (χ0v) is 9.77. The van der Waals surface area contributed by atoms with Crippen LogP contribution >= 0.6 is 0 Å². The molecule has 0 saturated heterocycles. The third-order valence-corrected chi connectivity index (χ3v) is 4.91. The van der Waals surface area contributed by atoms with Crippen LogP contribution in [0.4, 0.5) is 0 Å². The summed E-state index contributed by atoms with van der Waals surface area (Å²) in [6.07, 6.45) is 5.86. The van der Waals surface area contributed by atoms with Gasteiger partial charge >= 0.3 is 0 Å². The second-order valence-electron chi connectivity index (χ2n) is 5.29. The summed E-state index contributed by atoms with van der Waals surface area (Å²) in [5, 5.41) is 0. The minimum atomic E-state index is -0.337. The second-order valence-corrected chi connectivity index (χ2v) is 5.29. The molecule has 1 spiro atoms. The Morgan fingerprint density at radius 2 is 2.18 bits per heavy atom. The lowest BCUT2D eigenvalue weighted by atomic mass is 9.82. The molecule has 3 unspecified atom stereocenters. The summed E-state index contributed by atoms with van der Waals surface area (Å²) in [7, 11) is 1.73. The molecule has 2 saturated carbocycles. The van der Waals surface area contributed by atoms with Gasteiger partial charge in [-0.05, 0) is 17.5 Å². The van der Waals surface area contributed by atoms with Gasteiger partial charge in [-0.2, -0.15) is 0 Å². The van der Waals surface area contributed by atoms with Gasteiger partial charge in [0.2, 0.25) is 0 Å². The highest BCUT2D eigenvalue weighted by Crippen LogP contribution is 2.74. The quantitative estimate of drug-likeness (QED) is 0.734. The van der Waals surface area contributed by atoms with Gasteiger partial charge in [-0.15, -0.1) is 0 Å². The van der Waals surface area contributed by atoms with E-state index in [-0.39, 0.29) is 16.9 Å². The third-order valence-electron chi connectivity index (χ3n) is 4.91. The fraction of sp³-hybridized carbons (Fsp3) is 0.400. The first-order valence-electron chi connectivity index (χ1n) is 6.13. The van der Waals surface area contributed by atoms with Crippen molar-refractivity contribution in [2.75, 3.05) is 7.11 Å². The van der Waals surface area contributed by atoms with Gasteiger partial charge < -0.3 is 4.74 Å². The molecule has 86 valence electrons. The Kier molecular flexibility index (Phi) is 1.53. The molecule has 3 atom stereocenters. The molecule has 17 heavy (non-hydrogen) atoms. The van der Waals surface area contributed by atoms with E-state index in [1.165, 1.54) is 11.1 Å². The van der Waals surface area contributed by atoms with E-state index >= 15 is 0 Å². The van der Waals surface area contributed by atoms with Crippen LogP contribution in [-0.4, -0.2) is 18.5 Å². The van der Waals surface area contributed by atoms with Crippen LogP contribution in [0.2, 0.25) is 0 Å². The predicted octanol–water partition coefficient (Wildman–Crippen LogP) is 2.33. The van der Waals surface area contributed by atoms with E-state index in [1.807, 2.05) is 6.07 Å². The predicted molar refractivity (Wildman–Crippen MR) is 64.6 cm³/mol. The van der Waals surface area contributed by atoms with E-state index in [9.17, 15) is 4.79 Å². The largest absolute Gasteiger partial charge is 0.372 e. The fourth-order valence-corrected chi connectivity index (χ4v) is 4.22. The lowest BCUT2D eigenvalue weighted by Gasteiger charge is -2.27. The van der Waals surface area contributed by atoms with Gasteiger partial charge in [0.15, 0.2) is 0 Å². The molecule has 0 heterocycles. The van der Waals surface area contributed by atoms with Crippen molar-refractivity contribution in [3.63, 3.8) is 0 Å². The van der Waals surface area contributed by atoms with Crippen LogP contribution in [0.3, 0.4) is 0 Å². The maximum atomic E-state index is 12.0. The maximum absolute atomic E-state index is 12.0. The Hall–Kier alpha value is -1.41. The molecule has 1 aromatic rings. The Morgan fingerprint density at radius 3 is 3.00 bits per heavy atom. The summed E-state index contributed by atoms with van der Waals surface area (Å²) in [6.45, 7) is 0. The van der Waals surface area contributed by atoms with Crippen molar-refractivity contribution in [2.24, 2.45) is 5.92 Å². The number of carbonyl (C=O) groups excluding carboxylic acids is 1. The van der Waals surface area contributed by atoms with Crippen molar-refractivity contribution in [2.45, 2.75) is 23.9 Å². The van der Waals surface area contributed by atoms with E-state index in [0.29, 0.717) is 12.2 Å². The van der Waals surface area contributed by atoms with Gasteiger partial charge in [-0.25, -0.2) is 0 Å². The first-order valence-corrected chi connectivity index (χ1v) is 6.13. The van der Waals surface area contributed by atoms with Crippen molar-refractivity contribution in [3.05, 3.63) is 41.5 Å². The second kappa shape index (κ2) is 2.70. The van der Waals surface area contributed by atoms with Gasteiger partial charge in [0.25, 0.3) is 0 Å². The summed E-state index contributed by atoms with van der Waals surface area (Å²) >= 11 is 0. The summed E-state index contributed by atoms with van der Waals surface area (Å²) in [5.74, 6) is 0.424. The number of ether oxygens (including phenoxy) is 1. The summed E-state index contributed by atoms with van der Waals surface area (Å²) in [6, 6.07) is 8.39. The van der Waals surface area contributed by atoms with Crippen molar-refractivity contribution >= 4 is 11.9 Å². The molecule has 3 aliphatic carbocycles. The van der Waals surface area contributed by atoms with E-state index in [4.69, 9.17) is 4.74 Å². The molecule has 0 radical (unpaired) electrons. The van der Waals surface area contributed by atoms with Crippen LogP contribution in [0.5, 0.6) is 0 Å². The number of rotatable bonds is 1. The minimum absolute atomic E-state index is 0.0514. The average molecular weight is 226 g/mol. The monoisotopic (exact) mass is 226 g/mol. The average Bonchev–Trinajstić information content (AvgIpc) is 2.86. The molecule has 2 heteroatoms. The highest BCUT2D eigenvalue weighted by molar-refractivity contribution is 5.96. The van der Waals surface area contributed by atoms with Crippen LogP contribution < -0.4 is 0 Å². The van der Waals surface area contributed by atoms with Gasteiger partial charge in [0, 0.05) is 18.9 Å². The number of methoxy groups -OCH3 is 1.